The maximum absolute atomic E-state index is 12.7. The highest BCUT2D eigenvalue weighted by Crippen LogP contribution is 2.06. The van der Waals surface area contributed by atoms with Crippen LogP contribution >= 0.6 is 0 Å². The summed E-state index contributed by atoms with van der Waals surface area (Å²) >= 11 is 0. The smallest absolute Gasteiger partial charge is 0.248 e. The fraction of sp³-hybridized carbons (Fsp3) is 0. The summed E-state index contributed by atoms with van der Waals surface area (Å²) in [6.45, 7) is 0. The van der Waals surface area contributed by atoms with Crippen molar-refractivity contribution in [2.24, 2.45) is 0 Å². The molecule has 1 aromatic heterocycles. The number of anilines is 1. The van der Waals surface area contributed by atoms with Gasteiger partial charge >= 0.3 is 0 Å². The summed E-state index contributed by atoms with van der Waals surface area (Å²) in [5.41, 5.74) is 1.48. The summed E-state index contributed by atoms with van der Waals surface area (Å²) in [5, 5.41) is 2.70. The van der Waals surface area contributed by atoms with Gasteiger partial charge in [0.15, 0.2) is 12.4 Å². The van der Waals surface area contributed by atoms with Crippen LogP contribution < -0.4 is 10.3 Å². The number of carbonyl (C=O) groups is 1. The fourth-order valence-corrected chi connectivity index (χ4v) is 1.40. The van der Waals surface area contributed by atoms with E-state index in [-0.39, 0.29) is 11.7 Å². The molecule has 2 aromatic rings. The largest absolute Gasteiger partial charge is 0.322 e. The van der Waals surface area contributed by atoms with Crippen molar-refractivity contribution in [1.29, 1.82) is 0 Å². The van der Waals surface area contributed by atoms with E-state index in [1.807, 2.05) is 0 Å². The van der Waals surface area contributed by atoms with Gasteiger partial charge in [-0.25, -0.2) is 9.37 Å². The molecule has 0 unspecified atom stereocenters. The van der Waals surface area contributed by atoms with Crippen molar-refractivity contribution in [1.82, 2.24) is 0 Å². The first-order chi connectivity index (χ1) is 8.74. The van der Waals surface area contributed by atoms with E-state index in [9.17, 15) is 9.18 Å². The minimum Gasteiger partial charge on any atom is -0.322 e. The first-order valence-electron chi connectivity index (χ1n) is 5.45. The highest BCUT2D eigenvalue weighted by molar-refractivity contribution is 6.01. The molecule has 2 N–H and O–H groups in total. The fourth-order valence-electron chi connectivity index (χ4n) is 1.40. The minimum atomic E-state index is -0.294. The van der Waals surface area contributed by atoms with Crippen molar-refractivity contribution >= 4 is 17.7 Å². The SMILES string of the molecule is O=C(C=Cc1ccc(F)cc1)Nc1cc[nH+]cc1. The van der Waals surface area contributed by atoms with Crippen LogP contribution in [0.25, 0.3) is 6.08 Å². The van der Waals surface area contributed by atoms with E-state index in [2.05, 4.69) is 10.3 Å². The second-order valence-electron chi connectivity index (χ2n) is 3.66. The molecule has 0 aliphatic heterocycles. The molecule has 0 atom stereocenters. The van der Waals surface area contributed by atoms with Crippen LogP contribution in [0.5, 0.6) is 0 Å². The number of hydrogen-bond donors (Lipinski definition) is 1. The molecule has 0 aliphatic rings. The van der Waals surface area contributed by atoms with Crippen LogP contribution in [-0.2, 0) is 4.79 Å². The van der Waals surface area contributed by atoms with Crippen LogP contribution in [-0.4, -0.2) is 5.91 Å². The molecule has 1 amide bonds. The number of nitrogens with one attached hydrogen (secondary N) is 2. The summed E-state index contributed by atoms with van der Waals surface area (Å²) in [7, 11) is 0. The van der Waals surface area contributed by atoms with Gasteiger partial charge in [0.05, 0.1) is 5.69 Å². The molecule has 2 rings (SSSR count). The number of aromatic amines is 1. The van der Waals surface area contributed by atoms with E-state index >= 15 is 0 Å². The highest BCUT2D eigenvalue weighted by atomic mass is 19.1. The number of hydrogen-bond acceptors (Lipinski definition) is 1. The number of halogens is 1. The third kappa shape index (κ3) is 3.52. The van der Waals surface area contributed by atoms with Gasteiger partial charge in [-0.2, -0.15) is 0 Å². The van der Waals surface area contributed by atoms with Gasteiger partial charge in [0.2, 0.25) is 5.91 Å². The Labute approximate surface area is 104 Å². The van der Waals surface area contributed by atoms with E-state index in [1.54, 1.807) is 42.7 Å². The Kier molecular flexibility index (Phi) is 3.81. The van der Waals surface area contributed by atoms with Crippen molar-refractivity contribution in [3.63, 3.8) is 0 Å². The van der Waals surface area contributed by atoms with Crippen molar-refractivity contribution in [2.75, 3.05) is 5.32 Å². The van der Waals surface area contributed by atoms with Crippen LogP contribution in [0.2, 0.25) is 0 Å². The second kappa shape index (κ2) is 5.72. The number of pyridine rings is 1. The average molecular weight is 243 g/mol. The van der Waals surface area contributed by atoms with Crippen molar-refractivity contribution in [3.05, 3.63) is 66.2 Å². The molecule has 18 heavy (non-hydrogen) atoms. The van der Waals surface area contributed by atoms with E-state index in [4.69, 9.17) is 0 Å². The molecule has 0 spiro atoms. The number of H-pyrrole nitrogens is 1. The summed E-state index contributed by atoms with van der Waals surface area (Å²) < 4.78 is 12.7. The summed E-state index contributed by atoms with van der Waals surface area (Å²) in [4.78, 5) is 14.4. The first-order valence-corrected chi connectivity index (χ1v) is 5.45. The lowest BCUT2D eigenvalue weighted by atomic mass is 10.2. The van der Waals surface area contributed by atoms with Crippen LogP contribution in [0.3, 0.4) is 0 Å². The maximum Gasteiger partial charge on any atom is 0.248 e. The van der Waals surface area contributed by atoms with E-state index in [0.717, 1.165) is 5.56 Å². The zero-order valence-corrected chi connectivity index (χ0v) is 9.56. The molecule has 3 nitrogen and oxygen atoms in total. The van der Waals surface area contributed by atoms with Crippen LogP contribution in [0.1, 0.15) is 5.56 Å². The monoisotopic (exact) mass is 243 g/mol. The van der Waals surface area contributed by atoms with Gasteiger partial charge in [0, 0.05) is 18.2 Å². The van der Waals surface area contributed by atoms with Gasteiger partial charge < -0.3 is 5.32 Å². The maximum atomic E-state index is 12.7. The average Bonchev–Trinajstić information content (AvgIpc) is 2.39. The molecule has 90 valence electrons. The van der Waals surface area contributed by atoms with Gasteiger partial charge in [0.1, 0.15) is 5.82 Å². The normalized spacial score (nSPS) is 10.5. The predicted molar refractivity (Wildman–Crippen MR) is 67.1 cm³/mol. The van der Waals surface area contributed by atoms with Crippen LogP contribution in [0.4, 0.5) is 10.1 Å². The van der Waals surface area contributed by atoms with Gasteiger partial charge in [-0.15, -0.1) is 0 Å². The van der Waals surface area contributed by atoms with Crippen molar-refractivity contribution < 1.29 is 14.2 Å². The molecule has 0 bridgehead atoms. The molecule has 0 saturated carbocycles. The Bertz CT molecular complexity index is 550. The Morgan fingerprint density at radius 1 is 1.11 bits per heavy atom. The number of amides is 1. The predicted octanol–water partition coefficient (Wildman–Crippen LogP) is 2.29. The second-order valence-corrected chi connectivity index (χ2v) is 3.66. The lowest BCUT2D eigenvalue weighted by Crippen LogP contribution is -2.09. The summed E-state index contributed by atoms with van der Waals surface area (Å²) in [5.74, 6) is -0.525. The lowest BCUT2D eigenvalue weighted by Gasteiger charge is -1.98. The lowest BCUT2D eigenvalue weighted by molar-refractivity contribution is -0.377. The van der Waals surface area contributed by atoms with Gasteiger partial charge in [-0.05, 0) is 23.8 Å². The number of aromatic nitrogens is 1. The molecule has 1 aromatic carbocycles. The van der Waals surface area contributed by atoms with Gasteiger partial charge in [0.25, 0.3) is 0 Å². The molecular weight excluding hydrogens is 231 g/mol. The molecule has 0 saturated heterocycles. The quantitative estimate of drug-likeness (QED) is 0.826. The number of carbonyl (C=O) groups excluding carboxylic acids is 1. The Morgan fingerprint density at radius 3 is 2.44 bits per heavy atom. The molecule has 0 aliphatic carbocycles. The minimum absolute atomic E-state index is 0.231. The summed E-state index contributed by atoms with van der Waals surface area (Å²) in [6, 6.07) is 9.43. The summed E-state index contributed by atoms with van der Waals surface area (Å²) in [6.07, 6.45) is 6.48. The molecule has 0 radical (unpaired) electrons. The number of rotatable bonds is 3. The van der Waals surface area contributed by atoms with Crippen molar-refractivity contribution in [3.8, 4) is 0 Å². The van der Waals surface area contributed by atoms with Crippen LogP contribution in [0, 0.1) is 5.82 Å². The van der Waals surface area contributed by atoms with E-state index in [0.29, 0.717) is 5.69 Å². The molecule has 1 heterocycles. The Balaban J connectivity index is 1.97. The van der Waals surface area contributed by atoms with E-state index in [1.165, 1.54) is 18.2 Å². The van der Waals surface area contributed by atoms with Gasteiger partial charge in [-0.1, -0.05) is 12.1 Å². The third-order valence-corrected chi connectivity index (χ3v) is 2.28. The third-order valence-electron chi connectivity index (χ3n) is 2.28. The highest BCUT2D eigenvalue weighted by Gasteiger charge is 1.98. The molecule has 4 heteroatoms. The molecule has 0 fully saturated rings. The van der Waals surface area contributed by atoms with Crippen molar-refractivity contribution in [2.45, 2.75) is 0 Å². The first kappa shape index (κ1) is 12.0. The number of benzene rings is 1. The van der Waals surface area contributed by atoms with Crippen LogP contribution in [0.15, 0.2) is 54.9 Å². The zero-order chi connectivity index (χ0) is 12.8. The van der Waals surface area contributed by atoms with E-state index < -0.39 is 0 Å². The van der Waals surface area contributed by atoms with Gasteiger partial charge in [-0.3, -0.25) is 4.79 Å². The zero-order valence-electron chi connectivity index (χ0n) is 9.56. The Hall–Kier alpha value is -2.49. The topological polar surface area (TPSA) is 43.2 Å². The molecular formula is C14H12FN2O+. The standard InChI is InChI=1S/C14H11FN2O/c15-12-4-1-11(2-5-12)3-6-14(18)17-13-7-9-16-10-8-13/h1-10H,(H,16,17,18)/p+1. The Morgan fingerprint density at radius 2 is 1.78 bits per heavy atom.